The van der Waals surface area contributed by atoms with Crippen molar-refractivity contribution in [1.29, 1.82) is 0 Å². The van der Waals surface area contributed by atoms with Gasteiger partial charge >= 0.3 is 76.5 Å². The van der Waals surface area contributed by atoms with E-state index in [1.807, 2.05) is 18.2 Å². The fourth-order valence-electron chi connectivity index (χ4n) is 4.31. The van der Waals surface area contributed by atoms with E-state index in [1.54, 1.807) is 19.1 Å². The third-order valence-electron chi connectivity index (χ3n) is 6.78. The number of azo groups is 2. The number of benzene rings is 4. The van der Waals surface area contributed by atoms with Crippen molar-refractivity contribution in [3.63, 3.8) is 0 Å². The molecule has 21 heteroatoms. The molecule has 1 radical (unpaired) electrons. The van der Waals surface area contributed by atoms with Gasteiger partial charge in [0.15, 0.2) is 5.69 Å². The summed E-state index contributed by atoms with van der Waals surface area (Å²) in [5, 5.41) is 59.0. The van der Waals surface area contributed by atoms with E-state index in [-0.39, 0.29) is 127 Å². The zero-order valence-corrected chi connectivity index (χ0v) is 35.9. The van der Waals surface area contributed by atoms with Gasteiger partial charge in [0.1, 0.15) is 5.69 Å². The van der Waals surface area contributed by atoms with Gasteiger partial charge in [0.2, 0.25) is 0 Å². The van der Waals surface area contributed by atoms with Gasteiger partial charge in [-0.3, -0.25) is 14.4 Å². The Morgan fingerprint density at radius 3 is 1.75 bits per heavy atom. The molecule has 4 aromatic carbocycles. The third-order valence-corrected chi connectivity index (χ3v) is 8.12. The molecule has 0 fully saturated rings. The van der Waals surface area contributed by atoms with Gasteiger partial charge in [-0.15, -0.1) is 10.2 Å². The van der Waals surface area contributed by atoms with Gasteiger partial charge < -0.3 is 15.3 Å². The van der Waals surface area contributed by atoms with Crippen LogP contribution in [0.2, 0.25) is 10.0 Å². The van der Waals surface area contributed by atoms with E-state index in [0.29, 0.717) is 21.4 Å². The Kier molecular flexibility index (Phi) is 17.2. The third kappa shape index (κ3) is 11.4. The molecule has 0 saturated heterocycles. The van der Waals surface area contributed by atoms with Crippen LogP contribution in [-0.2, 0) is 27.5 Å². The van der Waals surface area contributed by atoms with Crippen LogP contribution in [0.1, 0.15) is 11.4 Å². The number of hydrogen-bond acceptors (Lipinski definition) is 11. The van der Waals surface area contributed by atoms with Crippen molar-refractivity contribution in [2.45, 2.75) is 18.7 Å². The summed E-state index contributed by atoms with van der Waals surface area (Å²) in [6, 6.07) is 22.2. The van der Waals surface area contributed by atoms with Crippen molar-refractivity contribution in [3.8, 4) is 28.8 Å². The zero-order chi connectivity index (χ0) is 36.2. The van der Waals surface area contributed by atoms with E-state index in [0.717, 1.165) is 16.8 Å². The Morgan fingerprint density at radius 2 is 1.25 bits per heavy atom. The second-order valence-electron chi connectivity index (χ2n) is 10.3. The maximum atomic E-state index is 12.5. The number of para-hydroxylation sites is 1. The van der Waals surface area contributed by atoms with Crippen LogP contribution in [0.25, 0.3) is 11.4 Å². The summed E-state index contributed by atoms with van der Waals surface area (Å²) in [5.41, 5.74) is 1.57. The molecule has 2 N–H and O–H groups in total. The second kappa shape index (κ2) is 19.9. The van der Waals surface area contributed by atoms with E-state index in [1.165, 1.54) is 60.1 Å². The minimum Gasteiger partial charge on any atom is -0.871 e. The number of nitrogens with one attached hydrogen (secondary N) is 1. The van der Waals surface area contributed by atoms with Crippen molar-refractivity contribution < 1.29 is 105 Å². The number of H-pyrrole nitrogens is 1. The van der Waals surface area contributed by atoms with Crippen LogP contribution >= 0.6 is 23.2 Å². The number of halogens is 2. The maximum Gasteiger partial charge on any atom is 3.00 e. The Bertz CT molecular complexity index is 2430. The van der Waals surface area contributed by atoms with E-state index in [9.17, 15) is 28.5 Å². The minimum atomic E-state index is -4.34. The van der Waals surface area contributed by atoms with Crippen LogP contribution in [0, 0.1) is 13.8 Å². The van der Waals surface area contributed by atoms with Crippen LogP contribution in [0.15, 0.2) is 121 Å². The number of aromatic nitrogens is 4. The first-order valence-corrected chi connectivity index (χ1v) is 16.4. The van der Waals surface area contributed by atoms with E-state index in [2.05, 4.69) is 30.7 Å². The predicted molar refractivity (Wildman–Crippen MR) is 179 cm³/mol. The molecule has 0 aliphatic rings. The molecule has 0 aliphatic heterocycles. The SMILES string of the molecule is Cc1[nH]n(-c2ccccc2)c(=O)c1N=Nc1cc(Cl)ccc1[O-].Cc1nn(-c2ccc(S(=O)(=O)O)cc2)c([O-])c1N=Nc1cc(Cl)ccc1[O-].[Cr+3].[Na+].[Na+]. The molecule has 2 aromatic heterocycles. The second-order valence-corrected chi connectivity index (χ2v) is 12.6. The molecule has 0 bridgehead atoms. The van der Waals surface area contributed by atoms with Crippen LogP contribution < -0.4 is 80.0 Å². The quantitative estimate of drug-likeness (QED) is 0.129. The summed E-state index contributed by atoms with van der Waals surface area (Å²) in [6.45, 7) is 3.25. The summed E-state index contributed by atoms with van der Waals surface area (Å²) in [7, 11) is -4.34. The number of aryl methyl sites for hydroxylation is 2. The molecular formula is C32H23Cl2CrN8Na2O7S+2. The first-order valence-electron chi connectivity index (χ1n) is 14.2. The molecule has 0 spiro atoms. The van der Waals surface area contributed by atoms with Gasteiger partial charge in [-0.05, 0) is 74.5 Å². The van der Waals surface area contributed by atoms with Crippen molar-refractivity contribution in [2.75, 3.05) is 0 Å². The summed E-state index contributed by atoms with van der Waals surface area (Å²) < 4.78 is 33.6. The van der Waals surface area contributed by atoms with Gasteiger partial charge in [0, 0.05) is 15.9 Å². The molecule has 0 atom stereocenters. The molecule has 53 heavy (non-hydrogen) atoms. The van der Waals surface area contributed by atoms with Gasteiger partial charge in [0.05, 0.1) is 39.0 Å². The molecule has 6 rings (SSSR count). The predicted octanol–water partition coefficient (Wildman–Crippen LogP) is 0.265. The molecule has 0 unspecified atom stereocenters. The fourth-order valence-corrected chi connectivity index (χ4v) is 5.12. The molecule has 15 nitrogen and oxygen atoms in total. The fraction of sp³-hybridized carbons (Fsp3) is 0.0625. The summed E-state index contributed by atoms with van der Waals surface area (Å²) in [4.78, 5) is 12.1. The number of rotatable bonds is 7. The topological polar surface area (TPSA) is 229 Å². The summed E-state index contributed by atoms with van der Waals surface area (Å²) in [5.74, 6) is -1.32. The average molecular weight is 833 g/mol. The number of hydrogen-bond donors (Lipinski definition) is 2. The largest absolute Gasteiger partial charge is 3.00 e. The average Bonchev–Trinajstić information content (AvgIpc) is 3.54. The molecule has 6 aromatic rings. The Hall–Kier alpha value is -3.28. The molecule has 0 aliphatic carbocycles. The van der Waals surface area contributed by atoms with E-state index >= 15 is 0 Å². The monoisotopic (exact) mass is 831 g/mol. The number of aromatic amines is 1. The van der Waals surface area contributed by atoms with Gasteiger partial charge in [-0.1, -0.05) is 65.0 Å². The van der Waals surface area contributed by atoms with Crippen molar-refractivity contribution in [1.82, 2.24) is 19.6 Å². The van der Waals surface area contributed by atoms with Crippen molar-refractivity contribution in [3.05, 3.63) is 123 Å². The summed E-state index contributed by atoms with van der Waals surface area (Å²) >= 11 is 11.6. The van der Waals surface area contributed by atoms with Crippen LogP contribution in [0.4, 0.5) is 22.7 Å². The van der Waals surface area contributed by atoms with Crippen molar-refractivity contribution in [2.24, 2.45) is 20.5 Å². The minimum absolute atomic E-state index is 0. The molecule has 259 valence electrons. The first kappa shape index (κ1) is 45.9. The normalized spacial score (nSPS) is 11.0. The zero-order valence-electron chi connectivity index (χ0n) is 28.3. The van der Waals surface area contributed by atoms with E-state index < -0.39 is 21.7 Å². The van der Waals surface area contributed by atoms with Crippen LogP contribution in [0.3, 0.4) is 0 Å². The number of nitrogens with zero attached hydrogens (tertiary/aromatic N) is 7. The van der Waals surface area contributed by atoms with Gasteiger partial charge in [-0.2, -0.15) is 23.7 Å². The van der Waals surface area contributed by atoms with E-state index in [4.69, 9.17) is 27.8 Å². The van der Waals surface area contributed by atoms with Gasteiger partial charge in [0.25, 0.3) is 15.7 Å². The Labute approximate surface area is 367 Å². The van der Waals surface area contributed by atoms with Gasteiger partial charge in [-0.25, -0.2) is 9.36 Å². The van der Waals surface area contributed by atoms with Crippen molar-refractivity contribution >= 4 is 56.1 Å². The molecule has 0 saturated carbocycles. The first-order chi connectivity index (χ1) is 23.7. The maximum absolute atomic E-state index is 12.5. The van der Waals surface area contributed by atoms with Crippen LogP contribution in [0.5, 0.6) is 17.4 Å². The Morgan fingerprint density at radius 1 is 0.736 bits per heavy atom. The summed E-state index contributed by atoms with van der Waals surface area (Å²) in [6.07, 6.45) is 0. The smallest absolute Gasteiger partial charge is 0.871 e. The Balaban J connectivity index is 0.000000351. The van der Waals surface area contributed by atoms with Crippen LogP contribution in [-0.4, -0.2) is 32.5 Å². The molecule has 2 heterocycles. The standard InChI is InChI=1S/C16H13ClN4O5S.C16H13ClN4O2.Cr.2Na/c1-9-15(19-18-13-8-10(17)2-7-14(13)22)16(23)21(20-9)11-3-5-12(6-4-11)27(24,25)26;1-10-15(19-18-13-9-11(17)7-8-14(13)22)16(23)21(20-10)12-5-3-2-4-6-12;;;/h2-8,22-23H,1H3,(H,24,25,26);2-9,20,22H,1H3;;;/q;;+3;2*+1/p-3. The molecule has 0 amide bonds. The molecular weight excluding hydrogens is 809 g/mol.